The van der Waals surface area contributed by atoms with Crippen molar-refractivity contribution in [2.24, 2.45) is 0 Å². The van der Waals surface area contributed by atoms with Gasteiger partial charge in [0.05, 0.1) is 0 Å². The largest absolute Gasteiger partial charge is 0.312 e. The molecule has 0 aromatic heterocycles. The van der Waals surface area contributed by atoms with Crippen LogP contribution in [-0.4, -0.2) is 31.6 Å². The first-order valence-electron chi connectivity index (χ1n) is 7.67. The van der Waals surface area contributed by atoms with E-state index in [1.807, 2.05) is 0 Å². The number of rotatable bonds is 4. The normalized spacial score (nSPS) is 19.1. The first kappa shape index (κ1) is 14.5. The van der Waals surface area contributed by atoms with Crippen molar-refractivity contribution in [3.63, 3.8) is 0 Å². The predicted octanol–water partition coefficient (Wildman–Crippen LogP) is 3.44. The van der Waals surface area contributed by atoms with Crippen LogP contribution in [0.4, 0.5) is 0 Å². The molecule has 0 radical (unpaired) electrons. The van der Waals surface area contributed by atoms with Crippen LogP contribution in [0.1, 0.15) is 48.4 Å². The Kier molecular flexibility index (Phi) is 5.41. The van der Waals surface area contributed by atoms with Crippen LogP contribution in [0.3, 0.4) is 0 Å². The summed E-state index contributed by atoms with van der Waals surface area (Å²) in [6.07, 6.45) is 5.54. The maximum atomic E-state index is 3.51. The predicted molar refractivity (Wildman–Crippen MR) is 82.6 cm³/mol. The molecule has 1 aromatic carbocycles. The molecule has 0 saturated carbocycles. The number of likely N-dealkylation sites (N-methyl/N-ethyl adjacent to an activating group) is 1. The summed E-state index contributed by atoms with van der Waals surface area (Å²) in [7, 11) is 2.09. The van der Waals surface area contributed by atoms with E-state index < -0.39 is 0 Å². The van der Waals surface area contributed by atoms with Crippen molar-refractivity contribution < 1.29 is 0 Å². The Morgan fingerprint density at radius 2 is 1.79 bits per heavy atom. The summed E-state index contributed by atoms with van der Waals surface area (Å²) in [6, 6.07) is 7.25. The zero-order valence-corrected chi connectivity index (χ0v) is 12.7. The Morgan fingerprint density at radius 3 is 2.42 bits per heavy atom. The molecule has 1 unspecified atom stereocenters. The Morgan fingerprint density at radius 1 is 1.11 bits per heavy atom. The summed E-state index contributed by atoms with van der Waals surface area (Å²) >= 11 is 0. The monoisotopic (exact) mass is 260 g/mol. The lowest BCUT2D eigenvalue weighted by atomic mass is 9.98. The van der Waals surface area contributed by atoms with Gasteiger partial charge in [-0.15, -0.1) is 0 Å². The molecule has 1 atom stereocenters. The third-order valence-corrected chi connectivity index (χ3v) is 4.30. The van der Waals surface area contributed by atoms with Crippen LogP contribution in [0.25, 0.3) is 0 Å². The second-order valence-electron chi connectivity index (χ2n) is 5.92. The average Bonchev–Trinajstić information content (AvgIpc) is 2.67. The number of aryl methyl sites for hydroxylation is 2. The van der Waals surface area contributed by atoms with E-state index in [9.17, 15) is 0 Å². The topological polar surface area (TPSA) is 15.3 Å². The molecule has 1 fully saturated rings. The second kappa shape index (κ2) is 7.06. The number of nitrogens with zero attached hydrogens (tertiary/aromatic N) is 1. The van der Waals surface area contributed by atoms with Crippen LogP contribution in [0, 0.1) is 13.8 Å². The lowest BCUT2D eigenvalue weighted by Gasteiger charge is -2.27. The van der Waals surface area contributed by atoms with Gasteiger partial charge in [0.1, 0.15) is 0 Å². The standard InChI is InChI=1S/C17H28N2/c1-14-8-9-15(2)16(12-14)17(18-3)13-19-10-6-4-5-7-11-19/h8-9,12,17-18H,4-7,10-11,13H2,1-3H3. The van der Waals surface area contributed by atoms with E-state index in [1.165, 1.54) is 55.5 Å². The molecule has 0 spiro atoms. The Balaban J connectivity index is 2.08. The van der Waals surface area contributed by atoms with Crippen molar-refractivity contribution >= 4 is 0 Å². The minimum absolute atomic E-state index is 0.456. The highest BCUT2D eigenvalue weighted by molar-refractivity contribution is 5.33. The first-order valence-corrected chi connectivity index (χ1v) is 7.67. The van der Waals surface area contributed by atoms with Crippen LogP contribution in [0.5, 0.6) is 0 Å². The average molecular weight is 260 g/mol. The molecule has 1 aliphatic heterocycles. The molecule has 106 valence electrons. The molecule has 0 aliphatic carbocycles. The minimum atomic E-state index is 0.456. The van der Waals surface area contributed by atoms with E-state index in [2.05, 4.69) is 49.3 Å². The van der Waals surface area contributed by atoms with Crippen LogP contribution in [-0.2, 0) is 0 Å². The fraction of sp³-hybridized carbons (Fsp3) is 0.647. The maximum Gasteiger partial charge on any atom is 0.0449 e. The van der Waals surface area contributed by atoms with E-state index in [4.69, 9.17) is 0 Å². The van der Waals surface area contributed by atoms with Gasteiger partial charge in [0.25, 0.3) is 0 Å². The maximum absolute atomic E-state index is 3.51. The summed E-state index contributed by atoms with van der Waals surface area (Å²) in [6.45, 7) is 8.08. The third kappa shape index (κ3) is 4.05. The summed E-state index contributed by atoms with van der Waals surface area (Å²) in [4.78, 5) is 2.63. The molecular formula is C17H28N2. The zero-order valence-electron chi connectivity index (χ0n) is 12.7. The Hall–Kier alpha value is -0.860. The minimum Gasteiger partial charge on any atom is -0.312 e. The van der Waals surface area contributed by atoms with Crippen molar-refractivity contribution in [3.8, 4) is 0 Å². The summed E-state index contributed by atoms with van der Waals surface area (Å²) in [5.74, 6) is 0. The molecule has 1 N–H and O–H groups in total. The van der Waals surface area contributed by atoms with Crippen molar-refractivity contribution in [2.45, 2.75) is 45.6 Å². The van der Waals surface area contributed by atoms with E-state index >= 15 is 0 Å². The van der Waals surface area contributed by atoms with E-state index in [0.29, 0.717) is 6.04 Å². The second-order valence-corrected chi connectivity index (χ2v) is 5.92. The van der Waals surface area contributed by atoms with Gasteiger partial charge in [0, 0.05) is 12.6 Å². The number of nitrogens with one attached hydrogen (secondary N) is 1. The van der Waals surface area contributed by atoms with Gasteiger partial charge in [-0.1, -0.05) is 36.6 Å². The molecule has 19 heavy (non-hydrogen) atoms. The quantitative estimate of drug-likeness (QED) is 0.892. The van der Waals surface area contributed by atoms with Crippen LogP contribution in [0.15, 0.2) is 18.2 Å². The van der Waals surface area contributed by atoms with Crippen LogP contribution in [0.2, 0.25) is 0 Å². The smallest absolute Gasteiger partial charge is 0.0449 e. The highest BCUT2D eigenvalue weighted by Crippen LogP contribution is 2.21. The third-order valence-electron chi connectivity index (χ3n) is 4.30. The molecule has 0 bridgehead atoms. The van der Waals surface area contributed by atoms with Gasteiger partial charge in [0.15, 0.2) is 0 Å². The van der Waals surface area contributed by atoms with Crippen molar-refractivity contribution in [2.75, 3.05) is 26.7 Å². The summed E-state index contributed by atoms with van der Waals surface area (Å²) in [5, 5.41) is 3.51. The molecule has 1 aliphatic rings. The molecule has 1 aromatic rings. The van der Waals surface area contributed by atoms with Gasteiger partial charge < -0.3 is 10.2 Å². The molecule has 2 nitrogen and oxygen atoms in total. The van der Waals surface area contributed by atoms with Gasteiger partial charge in [0.2, 0.25) is 0 Å². The molecule has 2 rings (SSSR count). The Labute approximate surface area is 118 Å². The van der Waals surface area contributed by atoms with Crippen molar-refractivity contribution in [3.05, 3.63) is 34.9 Å². The molecular weight excluding hydrogens is 232 g/mol. The van der Waals surface area contributed by atoms with E-state index in [0.717, 1.165) is 6.54 Å². The molecule has 1 saturated heterocycles. The van der Waals surface area contributed by atoms with Gasteiger partial charge in [-0.05, 0) is 58.0 Å². The summed E-state index contributed by atoms with van der Waals surface area (Å²) in [5.41, 5.74) is 4.23. The van der Waals surface area contributed by atoms with Gasteiger partial charge >= 0.3 is 0 Å². The fourth-order valence-electron chi connectivity index (χ4n) is 3.06. The SMILES string of the molecule is CNC(CN1CCCCCC1)c1cc(C)ccc1C. The van der Waals surface area contributed by atoms with Gasteiger partial charge in [-0.3, -0.25) is 0 Å². The lowest BCUT2D eigenvalue weighted by Crippen LogP contribution is -2.34. The molecule has 2 heteroatoms. The van der Waals surface area contributed by atoms with E-state index in [1.54, 1.807) is 0 Å². The number of likely N-dealkylation sites (tertiary alicyclic amines) is 1. The Bertz CT molecular complexity index is 392. The highest BCUT2D eigenvalue weighted by Gasteiger charge is 2.17. The lowest BCUT2D eigenvalue weighted by molar-refractivity contribution is 0.255. The van der Waals surface area contributed by atoms with Crippen LogP contribution >= 0.6 is 0 Å². The van der Waals surface area contributed by atoms with Crippen molar-refractivity contribution in [1.29, 1.82) is 0 Å². The fourth-order valence-corrected chi connectivity index (χ4v) is 3.06. The molecule has 1 heterocycles. The van der Waals surface area contributed by atoms with Gasteiger partial charge in [-0.25, -0.2) is 0 Å². The number of benzene rings is 1. The highest BCUT2D eigenvalue weighted by atomic mass is 15.1. The van der Waals surface area contributed by atoms with Crippen molar-refractivity contribution in [1.82, 2.24) is 10.2 Å². The van der Waals surface area contributed by atoms with Gasteiger partial charge in [-0.2, -0.15) is 0 Å². The summed E-state index contributed by atoms with van der Waals surface area (Å²) < 4.78 is 0. The number of hydrogen-bond donors (Lipinski definition) is 1. The first-order chi connectivity index (χ1) is 9.20. The zero-order chi connectivity index (χ0) is 13.7. The number of hydrogen-bond acceptors (Lipinski definition) is 2. The van der Waals surface area contributed by atoms with E-state index in [-0.39, 0.29) is 0 Å². The molecule has 0 amide bonds. The van der Waals surface area contributed by atoms with Crippen LogP contribution < -0.4 is 5.32 Å².